The van der Waals surface area contributed by atoms with Crippen molar-refractivity contribution >= 4 is 11.8 Å². The molecule has 1 N–H and O–H groups in total. The molecule has 4 nitrogen and oxygen atoms in total. The zero-order valence-corrected chi connectivity index (χ0v) is 12.5. The van der Waals surface area contributed by atoms with Crippen LogP contribution >= 0.6 is 0 Å². The minimum absolute atomic E-state index is 0.00624. The number of allylic oxidation sites excluding steroid dienone is 1. The van der Waals surface area contributed by atoms with Gasteiger partial charge in [0, 0.05) is 37.0 Å². The Morgan fingerprint density at radius 1 is 1.52 bits per heavy atom. The predicted octanol–water partition coefficient (Wildman–Crippen LogP) is 1.86. The molecule has 1 heterocycles. The first-order valence-corrected chi connectivity index (χ1v) is 7.58. The van der Waals surface area contributed by atoms with E-state index in [1.807, 2.05) is 13.8 Å². The number of carbonyl (C=O) groups excluding carboxylic acids is 2. The molecule has 0 amide bonds. The van der Waals surface area contributed by atoms with Crippen molar-refractivity contribution in [3.63, 3.8) is 0 Å². The van der Waals surface area contributed by atoms with Crippen LogP contribution in [0, 0.1) is 29.6 Å². The molecule has 2 rings (SSSR count). The maximum absolute atomic E-state index is 12.0. The molecule has 1 saturated heterocycles. The van der Waals surface area contributed by atoms with Crippen LogP contribution in [0.25, 0.3) is 0 Å². The fourth-order valence-corrected chi connectivity index (χ4v) is 3.01. The summed E-state index contributed by atoms with van der Waals surface area (Å²) in [6.07, 6.45) is 4.72. The molecule has 5 atom stereocenters. The summed E-state index contributed by atoms with van der Waals surface area (Å²) in [5.74, 6) is 5.44. The minimum Gasteiger partial charge on any atom is -0.462 e. The van der Waals surface area contributed by atoms with E-state index < -0.39 is 6.10 Å². The maximum Gasteiger partial charge on any atom is 0.306 e. The van der Waals surface area contributed by atoms with E-state index in [2.05, 4.69) is 11.8 Å². The first kappa shape index (κ1) is 15.8. The van der Waals surface area contributed by atoms with E-state index in [1.54, 1.807) is 6.08 Å². The zero-order valence-electron chi connectivity index (χ0n) is 12.5. The number of fused-ring (bicyclic) bond motifs is 1. The normalized spacial score (nSPS) is 32.4. The summed E-state index contributed by atoms with van der Waals surface area (Å²) in [4.78, 5) is 23.3. The van der Waals surface area contributed by atoms with Crippen LogP contribution in [-0.4, -0.2) is 29.1 Å². The summed E-state index contributed by atoms with van der Waals surface area (Å²) in [5, 5.41) is 10.0. The van der Waals surface area contributed by atoms with Crippen molar-refractivity contribution in [2.75, 3.05) is 0 Å². The summed E-state index contributed by atoms with van der Waals surface area (Å²) in [7, 11) is 0. The molecule has 1 aliphatic heterocycles. The van der Waals surface area contributed by atoms with Gasteiger partial charge in [-0.3, -0.25) is 9.59 Å². The summed E-state index contributed by atoms with van der Waals surface area (Å²) in [6.45, 7) is 3.83. The van der Waals surface area contributed by atoms with Gasteiger partial charge in [0.05, 0.1) is 12.5 Å². The van der Waals surface area contributed by atoms with Crippen LogP contribution < -0.4 is 0 Å². The number of hydrogen-bond acceptors (Lipinski definition) is 4. The van der Waals surface area contributed by atoms with E-state index in [4.69, 9.17) is 4.74 Å². The summed E-state index contributed by atoms with van der Waals surface area (Å²) in [6, 6.07) is 0. The van der Waals surface area contributed by atoms with Crippen molar-refractivity contribution in [1.29, 1.82) is 0 Å². The Hall–Kier alpha value is -1.60. The fourth-order valence-electron chi connectivity index (χ4n) is 3.01. The molecule has 1 saturated carbocycles. The molecule has 0 spiro atoms. The molecule has 0 aromatic heterocycles. The number of aliphatic hydroxyl groups is 1. The van der Waals surface area contributed by atoms with E-state index in [1.165, 1.54) is 6.08 Å². The van der Waals surface area contributed by atoms with Crippen molar-refractivity contribution in [3.05, 3.63) is 12.2 Å². The van der Waals surface area contributed by atoms with Gasteiger partial charge in [0.25, 0.3) is 0 Å². The zero-order chi connectivity index (χ0) is 15.4. The largest absolute Gasteiger partial charge is 0.462 e. The van der Waals surface area contributed by atoms with E-state index in [0.29, 0.717) is 19.3 Å². The van der Waals surface area contributed by atoms with Crippen LogP contribution in [0.5, 0.6) is 0 Å². The van der Waals surface area contributed by atoms with Crippen LogP contribution in [0.3, 0.4) is 0 Å². The summed E-state index contributed by atoms with van der Waals surface area (Å²) in [5.41, 5.74) is 0. The highest BCUT2D eigenvalue weighted by molar-refractivity contribution is 5.91. The van der Waals surface area contributed by atoms with Gasteiger partial charge < -0.3 is 9.84 Å². The molecule has 0 aromatic carbocycles. The lowest BCUT2D eigenvalue weighted by Crippen LogP contribution is -2.18. The topological polar surface area (TPSA) is 63.6 Å². The first-order valence-electron chi connectivity index (χ1n) is 7.58. The van der Waals surface area contributed by atoms with Gasteiger partial charge in [0.1, 0.15) is 6.10 Å². The third kappa shape index (κ3) is 3.74. The number of aliphatic hydroxyl groups excluding tert-OH is 1. The molecular formula is C17H22O4. The van der Waals surface area contributed by atoms with E-state index >= 15 is 0 Å². The summed E-state index contributed by atoms with van der Waals surface area (Å²) < 4.78 is 5.17. The lowest BCUT2D eigenvalue weighted by atomic mass is 9.90. The second kappa shape index (κ2) is 6.91. The number of rotatable bonds is 4. The maximum atomic E-state index is 12.0. The Morgan fingerprint density at radius 2 is 2.29 bits per heavy atom. The number of ether oxygens (including phenoxy) is 1. The van der Waals surface area contributed by atoms with Gasteiger partial charge in [-0.25, -0.2) is 0 Å². The molecule has 1 aliphatic carbocycles. The highest BCUT2D eigenvalue weighted by atomic mass is 16.6. The average Bonchev–Trinajstić information content (AvgIpc) is 2.91. The molecule has 0 bridgehead atoms. The Labute approximate surface area is 125 Å². The van der Waals surface area contributed by atoms with Crippen molar-refractivity contribution in [2.45, 2.75) is 51.7 Å². The minimum atomic E-state index is -0.535. The Balaban J connectivity index is 1.93. The van der Waals surface area contributed by atoms with Crippen LogP contribution in [0.1, 0.15) is 39.5 Å². The van der Waals surface area contributed by atoms with Gasteiger partial charge in [-0.1, -0.05) is 19.9 Å². The van der Waals surface area contributed by atoms with Crippen molar-refractivity contribution in [2.24, 2.45) is 17.8 Å². The Bertz CT molecular complexity index is 497. The van der Waals surface area contributed by atoms with Crippen molar-refractivity contribution in [3.8, 4) is 11.8 Å². The molecule has 0 radical (unpaired) electrons. The van der Waals surface area contributed by atoms with Crippen LogP contribution in [0.2, 0.25) is 0 Å². The highest BCUT2D eigenvalue weighted by Gasteiger charge is 2.48. The molecule has 114 valence electrons. The number of hydrogen-bond donors (Lipinski definition) is 1. The Kier molecular flexibility index (Phi) is 5.19. The molecule has 21 heavy (non-hydrogen) atoms. The van der Waals surface area contributed by atoms with Gasteiger partial charge in [-0.15, -0.1) is 11.8 Å². The molecule has 0 unspecified atom stereocenters. The second-order valence-corrected chi connectivity index (χ2v) is 5.85. The number of carbonyl (C=O) groups is 2. The van der Waals surface area contributed by atoms with Crippen LogP contribution in [0.4, 0.5) is 0 Å². The molecule has 4 heteroatoms. The van der Waals surface area contributed by atoms with Gasteiger partial charge in [0.2, 0.25) is 0 Å². The standard InChI is InChI=1S/C17H22O4/c1-3-4-5-6-11(2)14(18)8-7-12-13-9-17(20)21-16(13)10-15(12)19/h7-8,11-13,15-16,19H,3,6,9-10H2,1-2H3/b8-7+/t11-,12+,13+,15+,16-/m0/s1. The molecule has 0 aromatic rings. The fraction of sp³-hybridized carbons (Fsp3) is 0.647. The molecular weight excluding hydrogens is 268 g/mol. The smallest absolute Gasteiger partial charge is 0.306 e. The number of ketones is 1. The third-order valence-corrected chi connectivity index (χ3v) is 4.25. The lowest BCUT2D eigenvalue weighted by molar-refractivity contribution is -0.141. The van der Waals surface area contributed by atoms with E-state index in [9.17, 15) is 14.7 Å². The predicted molar refractivity (Wildman–Crippen MR) is 78.1 cm³/mol. The van der Waals surface area contributed by atoms with Gasteiger partial charge in [-0.2, -0.15) is 0 Å². The van der Waals surface area contributed by atoms with Gasteiger partial charge >= 0.3 is 5.97 Å². The van der Waals surface area contributed by atoms with Crippen molar-refractivity contribution in [1.82, 2.24) is 0 Å². The van der Waals surface area contributed by atoms with Gasteiger partial charge in [-0.05, 0) is 6.08 Å². The molecule has 2 aliphatic rings. The lowest BCUT2D eigenvalue weighted by Gasteiger charge is -2.14. The first-order chi connectivity index (χ1) is 10.0. The van der Waals surface area contributed by atoms with Crippen LogP contribution in [-0.2, 0) is 14.3 Å². The number of esters is 1. The average molecular weight is 290 g/mol. The third-order valence-electron chi connectivity index (χ3n) is 4.25. The SMILES string of the molecule is CCC#CC[C@H](C)C(=O)/C=C/[C@@H]1[C@H]2CC(=O)O[C@H]2C[C@H]1O. The highest BCUT2D eigenvalue weighted by Crippen LogP contribution is 2.42. The second-order valence-electron chi connectivity index (χ2n) is 5.85. The van der Waals surface area contributed by atoms with E-state index in [-0.39, 0.29) is 35.6 Å². The van der Waals surface area contributed by atoms with Crippen molar-refractivity contribution < 1.29 is 19.4 Å². The quantitative estimate of drug-likeness (QED) is 0.488. The molecule has 2 fully saturated rings. The Morgan fingerprint density at radius 3 is 3.00 bits per heavy atom. The monoisotopic (exact) mass is 290 g/mol. The summed E-state index contributed by atoms with van der Waals surface area (Å²) >= 11 is 0. The van der Waals surface area contributed by atoms with Crippen LogP contribution in [0.15, 0.2) is 12.2 Å². The van der Waals surface area contributed by atoms with Gasteiger partial charge in [0.15, 0.2) is 5.78 Å². The van der Waals surface area contributed by atoms with E-state index in [0.717, 1.165) is 6.42 Å².